The molecule has 1 saturated heterocycles. The number of nitrogens with two attached hydrogens (primary N) is 1. The molecule has 0 unspecified atom stereocenters. The first kappa shape index (κ1) is 18.2. The molecule has 6 heteroatoms. The van der Waals surface area contributed by atoms with Gasteiger partial charge in [0.25, 0.3) is 0 Å². The number of halogens is 2. The van der Waals surface area contributed by atoms with E-state index in [0.29, 0.717) is 18.7 Å². The molecule has 1 heterocycles. The lowest BCUT2D eigenvalue weighted by Gasteiger charge is -2.46. The molecule has 26 heavy (non-hydrogen) atoms. The molecule has 1 aliphatic rings. The van der Waals surface area contributed by atoms with E-state index in [2.05, 4.69) is 40.3 Å². The van der Waals surface area contributed by atoms with Crippen molar-refractivity contribution >= 4 is 11.4 Å². The van der Waals surface area contributed by atoms with Crippen LogP contribution in [-0.4, -0.2) is 32.3 Å². The van der Waals surface area contributed by atoms with Gasteiger partial charge in [-0.05, 0) is 42.0 Å². The normalized spacial score (nSPS) is 14.7. The summed E-state index contributed by atoms with van der Waals surface area (Å²) in [5.41, 5.74) is 8.89. The molecule has 0 bridgehead atoms. The highest BCUT2D eigenvalue weighted by atomic mass is 19.3. The number of nitrogens with zero attached hydrogens (tertiary/aromatic N) is 2. The van der Waals surface area contributed by atoms with Crippen LogP contribution in [0.2, 0.25) is 0 Å². The van der Waals surface area contributed by atoms with Gasteiger partial charge in [-0.1, -0.05) is 18.7 Å². The fraction of sp³-hybridized carbons (Fsp3) is 0.300. The van der Waals surface area contributed by atoms with E-state index in [1.165, 1.54) is 0 Å². The zero-order valence-electron chi connectivity index (χ0n) is 14.7. The molecule has 0 amide bonds. The second-order valence-corrected chi connectivity index (χ2v) is 6.40. The number of alkyl halides is 2. The highest BCUT2D eigenvalue weighted by Gasteiger charge is 2.31. The summed E-state index contributed by atoms with van der Waals surface area (Å²) in [6.07, 6.45) is -2.87. The molecule has 3 rings (SSSR count). The average molecular weight is 359 g/mol. The quantitative estimate of drug-likeness (QED) is 0.767. The van der Waals surface area contributed by atoms with Crippen LogP contribution in [0.3, 0.4) is 0 Å². The summed E-state index contributed by atoms with van der Waals surface area (Å²) in [4.78, 5) is 4.45. The largest absolute Gasteiger partial charge is 0.429 e. The molecule has 0 radical (unpaired) electrons. The van der Waals surface area contributed by atoms with Crippen molar-refractivity contribution in [3.63, 3.8) is 0 Å². The smallest absolute Gasteiger partial charge is 0.419 e. The first-order valence-corrected chi connectivity index (χ1v) is 8.49. The third kappa shape index (κ3) is 3.96. The maximum atomic E-state index is 13.2. The fourth-order valence-corrected chi connectivity index (χ4v) is 2.91. The van der Waals surface area contributed by atoms with Crippen molar-refractivity contribution in [1.82, 2.24) is 0 Å². The highest BCUT2D eigenvalue weighted by molar-refractivity contribution is 5.55. The van der Waals surface area contributed by atoms with Crippen LogP contribution in [0.4, 0.5) is 20.2 Å². The third-order valence-corrected chi connectivity index (χ3v) is 4.68. The van der Waals surface area contributed by atoms with Crippen molar-refractivity contribution in [2.45, 2.75) is 18.7 Å². The number of anilines is 2. The first-order valence-electron chi connectivity index (χ1n) is 8.49. The number of likely N-dealkylation sites (N-methyl/N-ethyl adjacent to an activating group) is 1. The summed E-state index contributed by atoms with van der Waals surface area (Å²) < 4.78 is 30.9. The summed E-state index contributed by atoms with van der Waals surface area (Å²) in [6, 6.07) is 15.3. The summed E-state index contributed by atoms with van der Waals surface area (Å²) in [5.74, 6) is 0.118. The Morgan fingerprint density at radius 1 is 1.19 bits per heavy atom. The summed E-state index contributed by atoms with van der Waals surface area (Å²) in [7, 11) is 2.08. The van der Waals surface area contributed by atoms with Crippen molar-refractivity contribution in [2.75, 3.05) is 29.9 Å². The third-order valence-electron chi connectivity index (χ3n) is 4.68. The maximum absolute atomic E-state index is 13.2. The first-order chi connectivity index (χ1) is 12.4. The molecule has 0 aromatic heterocycles. The molecule has 0 atom stereocenters. The van der Waals surface area contributed by atoms with Crippen molar-refractivity contribution in [3.05, 3.63) is 66.7 Å². The number of rotatable bonds is 7. The van der Waals surface area contributed by atoms with Crippen molar-refractivity contribution in [3.8, 4) is 5.75 Å². The number of benzene rings is 2. The molecule has 2 N–H and O–H groups in total. The number of ether oxygens (including phenoxy) is 1. The molecule has 138 valence electrons. The van der Waals surface area contributed by atoms with Gasteiger partial charge in [0.2, 0.25) is 0 Å². The molecule has 2 aromatic carbocycles. The van der Waals surface area contributed by atoms with E-state index in [0.717, 1.165) is 30.0 Å². The van der Waals surface area contributed by atoms with Gasteiger partial charge in [0.1, 0.15) is 5.75 Å². The highest BCUT2D eigenvalue weighted by Crippen LogP contribution is 2.29. The van der Waals surface area contributed by atoms with Gasteiger partial charge in [0.15, 0.2) is 0 Å². The van der Waals surface area contributed by atoms with E-state index in [1.807, 2.05) is 12.1 Å². The Hall–Kier alpha value is -2.60. The molecular formula is C20H23F2N3O. The van der Waals surface area contributed by atoms with Gasteiger partial charge in [0.05, 0.1) is 6.04 Å². The second-order valence-electron chi connectivity index (χ2n) is 6.40. The Bertz CT molecular complexity index is 741. The minimum atomic E-state index is -3.36. The topological polar surface area (TPSA) is 41.7 Å². The van der Waals surface area contributed by atoms with E-state index < -0.39 is 6.11 Å². The molecule has 0 aliphatic carbocycles. The van der Waals surface area contributed by atoms with E-state index >= 15 is 0 Å². The average Bonchev–Trinajstić information content (AvgIpc) is 2.61. The minimum absolute atomic E-state index is 0.118. The lowest BCUT2D eigenvalue weighted by molar-refractivity contribution is -0.131. The predicted octanol–water partition coefficient (Wildman–Crippen LogP) is 3.63. The van der Waals surface area contributed by atoms with Crippen LogP contribution in [0, 0.1) is 0 Å². The van der Waals surface area contributed by atoms with Gasteiger partial charge in [-0.25, -0.2) is 0 Å². The maximum Gasteiger partial charge on any atom is 0.419 e. The SMILES string of the molecule is C=CC(F)(F)Oc1ccc(N2CC(N(C)c3ccc(CN)cc3)C2)cc1. The lowest BCUT2D eigenvalue weighted by Crippen LogP contribution is -2.58. The molecular weight excluding hydrogens is 336 g/mol. The van der Waals surface area contributed by atoms with Crippen LogP contribution in [0.1, 0.15) is 5.56 Å². The summed E-state index contributed by atoms with van der Waals surface area (Å²) in [6.45, 7) is 5.35. The van der Waals surface area contributed by atoms with Gasteiger partial charge in [-0.15, -0.1) is 0 Å². The van der Waals surface area contributed by atoms with Crippen LogP contribution in [0.15, 0.2) is 61.2 Å². The van der Waals surface area contributed by atoms with E-state index in [-0.39, 0.29) is 5.75 Å². The fourth-order valence-electron chi connectivity index (χ4n) is 2.91. The summed E-state index contributed by atoms with van der Waals surface area (Å²) >= 11 is 0. The molecule has 4 nitrogen and oxygen atoms in total. The molecule has 1 aliphatic heterocycles. The van der Waals surface area contributed by atoms with Crippen LogP contribution in [0.25, 0.3) is 0 Å². The number of hydrogen-bond donors (Lipinski definition) is 1. The Kier molecular flexibility index (Phi) is 5.13. The molecule has 0 saturated carbocycles. The predicted molar refractivity (Wildman–Crippen MR) is 101 cm³/mol. The van der Waals surface area contributed by atoms with Crippen LogP contribution >= 0.6 is 0 Å². The Morgan fingerprint density at radius 3 is 2.35 bits per heavy atom. The zero-order chi connectivity index (χ0) is 18.7. The van der Waals surface area contributed by atoms with Gasteiger partial charge < -0.3 is 20.3 Å². The van der Waals surface area contributed by atoms with E-state index in [9.17, 15) is 8.78 Å². The van der Waals surface area contributed by atoms with Gasteiger partial charge in [-0.2, -0.15) is 8.78 Å². The summed E-state index contributed by atoms with van der Waals surface area (Å²) in [5, 5.41) is 0. The van der Waals surface area contributed by atoms with Crippen molar-refractivity contribution in [1.29, 1.82) is 0 Å². The second kappa shape index (κ2) is 7.33. The molecule has 2 aromatic rings. The standard InChI is InChI=1S/C20H23F2N3O/c1-3-20(21,22)26-19-10-8-17(9-11-19)25-13-18(14-25)24(2)16-6-4-15(12-23)5-7-16/h3-11,18H,1,12-14,23H2,2H3. The monoisotopic (exact) mass is 359 g/mol. The van der Waals surface area contributed by atoms with Crippen LogP contribution in [0.5, 0.6) is 5.75 Å². The Balaban J connectivity index is 1.56. The lowest BCUT2D eigenvalue weighted by atomic mass is 10.0. The minimum Gasteiger partial charge on any atom is -0.429 e. The Morgan fingerprint density at radius 2 is 1.81 bits per heavy atom. The van der Waals surface area contributed by atoms with E-state index in [4.69, 9.17) is 5.73 Å². The van der Waals surface area contributed by atoms with Gasteiger partial charge in [0, 0.05) is 44.1 Å². The van der Waals surface area contributed by atoms with Crippen molar-refractivity contribution < 1.29 is 13.5 Å². The van der Waals surface area contributed by atoms with Crippen molar-refractivity contribution in [2.24, 2.45) is 5.73 Å². The van der Waals surface area contributed by atoms with Crippen LogP contribution in [-0.2, 0) is 6.54 Å². The van der Waals surface area contributed by atoms with E-state index in [1.54, 1.807) is 24.3 Å². The molecule has 0 spiro atoms. The zero-order valence-corrected chi connectivity index (χ0v) is 14.7. The van der Waals surface area contributed by atoms with Gasteiger partial charge >= 0.3 is 6.11 Å². The van der Waals surface area contributed by atoms with Crippen LogP contribution < -0.4 is 20.3 Å². The van der Waals surface area contributed by atoms with Gasteiger partial charge in [-0.3, -0.25) is 0 Å². The number of hydrogen-bond acceptors (Lipinski definition) is 4. The molecule has 1 fully saturated rings. The Labute approximate surface area is 152 Å².